The van der Waals surface area contributed by atoms with Gasteiger partial charge in [0.15, 0.2) is 0 Å². The van der Waals surface area contributed by atoms with Crippen molar-refractivity contribution in [2.75, 3.05) is 0 Å². The zero-order valence-corrected chi connectivity index (χ0v) is 15.1. The molecule has 1 unspecified atom stereocenters. The number of rotatable bonds is 5. The number of aromatic nitrogens is 1. The summed E-state index contributed by atoms with van der Waals surface area (Å²) in [4.78, 5) is 23.7. The van der Waals surface area contributed by atoms with E-state index in [9.17, 15) is 18.4 Å². The minimum Gasteiger partial charge on any atom is -0.478 e. The number of aromatic carboxylic acids is 1. The topological polar surface area (TPSA) is 68.5 Å². The minimum atomic E-state index is -2.06. The summed E-state index contributed by atoms with van der Waals surface area (Å²) in [6.07, 6.45) is -2.06. The number of carboxylic acid groups (broad SMARTS) is 1. The molecule has 1 aromatic heterocycles. The molecule has 144 valence electrons. The number of benzene rings is 2. The lowest BCUT2D eigenvalue weighted by atomic mass is 10.1. The van der Waals surface area contributed by atoms with Gasteiger partial charge in [-0.25, -0.2) is 9.18 Å². The molecule has 0 aliphatic rings. The average molecular weight is 385 g/mol. The first kappa shape index (κ1) is 19.3. The molecule has 0 saturated carbocycles. The van der Waals surface area contributed by atoms with Crippen molar-refractivity contribution in [2.24, 2.45) is 0 Å². The lowest BCUT2D eigenvalue weighted by Crippen LogP contribution is -2.20. The molecule has 0 fully saturated rings. The van der Waals surface area contributed by atoms with Crippen LogP contribution < -0.4 is 10.3 Å². The second-order valence-electron chi connectivity index (χ2n) is 6.27. The van der Waals surface area contributed by atoms with Gasteiger partial charge >= 0.3 is 5.97 Å². The van der Waals surface area contributed by atoms with Crippen LogP contribution >= 0.6 is 0 Å². The van der Waals surface area contributed by atoms with Crippen LogP contribution in [-0.2, 0) is 0 Å². The van der Waals surface area contributed by atoms with Crippen molar-refractivity contribution < 1.29 is 23.4 Å². The molecule has 0 spiro atoms. The molecule has 0 radical (unpaired) electrons. The number of hydrogen-bond acceptors (Lipinski definition) is 3. The van der Waals surface area contributed by atoms with Crippen LogP contribution in [0.2, 0.25) is 0 Å². The predicted octanol–water partition coefficient (Wildman–Crippen LogP) is 4.34. The van der Waals surface area contributed by atoms with Gasteiger partial charge in [0, 0.05) is 23.5 Å². The quantitative estimate of drug-likeness (QED) is 0.709. The van der Waals surface area contributed by atoms with Crippen molar-refractivity contribution in [3.8, 4) is 11.4 Å². The molecule has 0 saturated heterocycles. The van der Waals surface area contributed by atoms with Crippen molar-refractivity contribution in [3.05, 3.63) is 93.2 Å². The molecule has 2 aromatic carbocycles. The number of hydrogen-bond donors (Lipinski definition) is 1. The average Bonchev–Trinajstić information content (AvgIpc) is 2.61. The first-order valence-corrected chi connectivity index (χ1v) is 8.41. The maximum absolute atomic E-state index is 14.3. The summed E-state index contributed by atoms with van der Waals surface area (Å²) >= 11 is 0. The monoisotopic (exact) mass is 385 g/mol. The van der Waals surface area contributed by atoms with E-state index in [4.69, 9.17) is 9.84 Å². The maximum Gasteiger partial charge on any atom is 0.335 e. The third kappa shape index (κ3) is 3.78. The van der Waals surface area contributed by atoms with E-state index in [2.05, 4.69) is 0 Å². The Labute approximate surface area is 159 Å². The van der Waals surface area contributed by atoms with Crippen molar-refractivity contribution in [2.45, 2.75) is 20.2 Å². The Morgan fingerprint density at radius 3 is 2.43 bits per heavy atom. The Morgan fingerprint density at radius 2 is 1.82 bits per heavy atom. The summed E-state index contributed by atoms with van der Waals surface area (Å²) in [7, 11) is 0. The Morgan fingerprint density at radius 1 is 1.11 bits per heavy atom. The molecule has 1 atom stereocenters. The van der Waals surface area contributed by atoms with Gasteiger partial charge in [-0.1, -0.05) is 12.1 Å². The molecule has 0 amide bonds. The summed E-state index contributed by atoms with van der Waals surface area (Å²) in [6.45, 7) is 3.26. The number of halogens is 2. The Balaban J connectivity index is 1.94. The number of alkyl halides is 1. The standard InChI is InChI=1S/C21H17F2NO4/c1-12-9-14(7-8-16(12)21(26)27)24-13(2)10-15(11-19(24)25)28-20(23)17-5-3-4-6-18(17)22/h3-11,20H,1-2H3,(H,26,27). The fourth-order valence-electron chi connectivity index (χ4n) is 2.94. The highest BCUT2D eigenvalue weighted by Crippen LogP contribution is 2.25. The first-order valence-electron chi connectivity index (χ1n) is 8.41. The van der Waals surface area contributed by atoms with Gasteiger partial charge in [0.25, 0.3) is 11.9 Å². The van der Waals surface area contributed by atoms with Crippen molar-refractivity contribution in [1.29, 1.82) is 0 Å². The molecular formula is C21H17F2NO4. The third-order valence-electron chi connectivity index (χ3n) is 4.28. The van der Waals surface area contributed by atoms with Crippen LogP contribution in [0.3, 0.4) is 0 Å². The highest BCUT2D eigenvalue weighted by Gasteiger charge is 2.17. The van der Waals surface area contributed by atoms with Gasteiger partial charge in [0.2, 0.25) is 0 Å². The first-order chi connectivity index (χ1) is 13.3. The summed E-state index contributed by atoms with van der Waals surface area (Å²) in [6, 6.07) is 12.4. The molecule has 0 aliphatic carbocycles. The van der Waals surface area contributed by atoms with E-state index >= 15 is 0 Å². The molecule has 1 N–H and O–H groups in total. The highest BCUT2D eigenvalue weighted by atomic mass is 19.2. The van der Waals surface area contributed by atoms with Crippen LogP contribution in [0.25, 0.3) is 5.69 Å². The zero-order valence-electron chi connectivity index (χ0n) is 15.1. The lowest BCUT2D eigenvalue weighted by molar-refractivity contribution is 0.0633. The van der Waals surface area contributed by atoms with Gasteiger partial charge in [-0.05, 0) is 49.7 Å². The summed E-state index contributed by atoms with van der Waals surface area (Å²) in [5.41, 5.74) is 0.815. The second kappa shape index (κ2) is 7.64. The normalized spacial score (nSPS) is 11.9. The van der Waals surface area contributed by atoms with E-state index in [-0.39, 0.29) is 16.9 Å². The van der Waals surface area contributed by atoms with E-state index in [1.165, 1.54) is 41.0 Å². The fraction of sp³-hybridized carbons (Fsp3) is 0.143. The lowest BCUT2D eigenvalue weighted by Gasteiger charge is -2.16. The number of aryl methyl sites for hydroxylation is 2. The maximum atomic E-state index is 14.3. The van der Waals surface area contributed by atoms with E-state index in [0.717, 1.165) is 12.1 Å². The molecule has 3 rings (SSSR count). The molecule has 1 heterocycles. The third-order valence-corrected chi connectivity index (χ3v) is 4.28. The smallest absolute Gasteiger partial charge is 0.335 e. The largest absolute Gasteiger partial charge is 0.478 e. The Kier molecular flexibility index (Phi) is 5.26. The van der Waals surface area contributed by atoms with E-state index in [1.807, 2.05) is 0 Å². The Bertz CT molecular complexity index is 1110. The summed E-state index contributed by atoms with van der Waals surface area (Å²) in [5, 5.41) is 9.12. The summed E-state index contributed by atoms with van der Waals surface area (Å²) < 4.78 is 34.5. The highest BCUT2D eigenvalue weighted by molar-refractivity contribution is 5.89. The van der Waals surface area contributed by atoms with Crippen molar-refractivity contribution in [3.63, 3.8) is 0 Å². The molecule has 7 heteroatoms. The van der Waals surface area contributed by atoms with Gasteiger partial charge in [0.1, 0.15) is 11.6 Å². The van der Waals surface area contributed by atoms with E-state index in [1.54, 1.807) is 19.9 Å². The number of nitrogens with zero attached hydrogens (tertiary/aromatic N) is 1. The molecule has 5 nitrogen and oxygen atoms in total. The molecular weight excluding hydrogens is 368 g/mol. The zero-order chi connectivity index (χ0) is 20.4. The SMILES string of the molecule is Cc1cc(-n2c(C)cc(OC(F)c3ccccc3F)cc2=O)ccc1C(=O)O. The van der Waals surface area contributed by atoms with Gasteiger partial charge in [-0.2, -0.15) is 4.39 Å². The molecule has 0 bridgehead atoms. The fourth-order valence-corrected chi connectivity index (χ4v) is 2.94. The predicted molar refractivity (Wildman–Crippen MR) is 99.3 cm³/mol. The minimum absolute atomic E-state index is 0.0339. The summed E-state index contributed by atoms with van der Waals surface area (Å²) in [5.74, 6) is -1.83. The van der Waals surface area contributed by atoms with E-state index < -0.39 is 23.7 Å². The van der Waals surface area contributed by atoms with Gasteiger partial charge in [0.05, 0.1) is 11.1 Å². The molecule has 3 aromatic rings. The van der Waals surface area contributed by atoms with Crippen LogP contribution in [0.1, 0.15) is 33.5 Å². The van der Waals surface area contributed by atoms with Crippen LogP contribution in [-0.4, -0.2) is 15.6 Å². The van der Waals surface area contributed by atoms with Gasteiger partial charge in [-0.3, -0.25) is 9.36 Å². The number of carbonyl (C=O) groups is 1. The van der Waals surface area contributed by atoms with Gasteiger partial charge in [-0.15, -0.1) is 0 Å². The van der Waals surface area contributed by atoms with E-state index in [0.29, 0.717) is 16.9 Å². The van der Waals surface area contributed by atoms with Crippen molar-refractivity contribution in [1.82, 2.24) is 4.57 Å². The Hall–Kier alpha value is -3.48. The van der Waals surface area contributed by atoms with Gasteiger partial charge < -0.3 is 9.84 Å². The molecule has 28 heavy (non-hydrogen) atoms. The molecule has 0 aliphatic heterocycles. The van der Waals surface area contributed by atoms with Crippen LogP contribution in [0.5, 0.6) is 5.75 Å². The van der Waals surface area contributed by atoms with Crippen LogP contribution in [0.15, 0.2) is 59.4 Å². The number of carboxylic acids is 1. The second-order valence-corrected chi connectivity index (χ2v) is 6.27. The number of pyridine rings is 1. The van der Waals surface area contributed by atoms with Crippen LogP contribution in [0.4, 0.5) is 8.78 Å². The van der Waals surface area contributed by atoms with Crippen molar-refractivity contribution >= 4 is 5.97 Å². The number of ether oxygens (including phenoxy) is 1. The van der Waals surface area contributed by atoms with Crippen LogP contribution in [0, 0.1) is 19.7 Å².